The van der Waals surface area contributed by atoms with E-state index in [1.165, 1.54) is 0 Å². The highest BCUT2D eigenvalue weighted by Crippen LogP contribution is 2.22. The second kappa shape index (κ2) is 6.58. The van der Waals surface area contributed by atoms with Crippen LogP contribution in [0.4, 0.5) is 13.2 Å². The summed E-state index contributed by atoms with van der Waals surface area (Å²) in [6.45, 7) is 2.47. The van der Waals surface area contributed by atoms with Gasteiger partial charge in [-0.2, -0.15) is 13.2 Å². The summed E-state index contributed by atoms with van der Waals surface area (Å²) in [4.78, 5) is 13.1. The summed E-state index contributed by atoms with van der Waals surface area (Å²) in [5.41, 5.74) is 1.22. The van der Waals surface area contributed by atoms with Crippen molar-refractivity contribution in [1.82, 2.24) is 4.90 Å². The van der Waals surface area contributed by atoms with Crippen molar-refractivity contribution in [2.45, 2.75) is 26.4 Å². The van der Waals surface area contributed by atoms with Crippen molar-refractivity contribution < 1.29 is 18.0 Å². The third-order valence-electron chi connectivity index (χ3n) is 2.57. The number of rotatable bonds is 4. The highest BCUT2D eigenvalue weighted by molar-refractivity contribution is 14.1. The molecule has 0 atom stereocenters. The molecule has 106 valence electrons. The van der Waals surface area contributed by atoms with Crippen molar-refractivity contribution in [3.63, 3.8) is 0 Å². The predicted molar refractivity (Wildman–Crippen MR) is 76.1 cm³/mol. The third kappa shape index (κ3) is 4.67. The van der Waals surface area contributed by atoms with E-state index in [1.54, 1.807) is 19.1 Å². The van der Waals surface area contributed by atoms with Crippen LogP contribution in [0.25, 0.3) is 0 Å². The number of carbonyl (C=O) groups is 1. The van der Waals surface area contributed by atoms with E-state index in [-0.39, 0.29) is 6.54 Å². The normalized spacial score (nSPS) is 11.5. The van der Waals surface area contributed by atoms with Crippen molar-refractivity contribution in [1.29, 1.82) is 0 Å². The van der Waals surface area contributed by atoms with Crippen LogP contribution in [0.5, 0.6) is 0 Å². The molecule has 2 nitrogen and oxygen atoms in total. The van der Waals surface area contributed by atoms with Crippen LogP contribution < -0.4 is 0 Å². The second-order valence-electron chi connectivity index (χ2n) is 4.28. The molecule has 0 saturated heterocycles. The van der Waals surface area contributed by atoms with E-state index >= 15 is 0 Å². The van der Waals surface area contributed by atoms with Crippen LogP contribution in [-0.4, -0.2) is 30.1 Å². The van der Waals surface area contributed by atoms with Gasteiger partial charge in [-0.05, 0) is 47.6 Å². The zero-order valence-electron chi connectivity index (χ0n) is 10.7. The van der Waals surface area contributed by atoms with E-state index < -0.39 is 18.6 Å². The maximum absolute atomic E-state index is 12.5. The second-order valence-corrected chi connectivity index (χ2v) is 5.36. The average Bonchev–Trinajstić information content (AvgIpc) is 2.30. The Labute approximate surface area is 124 Å². The molecule has 0 unspecified atom stereocenters. The smallest absolute Gasteiger partial charge is 0.330 e. The molecule has 0 aromatic heterocycles. The molecule has 1 amide bonds. The van der Waals surface area contributed by atoms with Gasteiger partial charge < -0.3 is 4.90 Å². The fraction of sp³-hybridized carbons (Fsp3) is 0.462. The molecule has 1 rings (SSSR count). The van der Waals surface area contributed by atoms with Crippen LogP contribution in [0.2, 0.25) is 0 Å². The number of carbonyl (C=O) groups excluding carboxylic acids is 1. The fourth-order valence-electron chi connectivity index (χ4n) is 1.72. The lowest BCUT2D eigenvalue weighted by Gasteiger charge is -2.24. The van der Waals surface area contributed by atoms with Gasteiger partial charge in [0.25, 0.3) is 5.91 Å². The van der Waals surface area contributed by atoms with Crippen LogP contribution >= 0.6 is 22.6 Å². The zero-order valence-corrected chi connectivity index (χ0v) is 12.9. The Hall–Kier alpha value is -0.790. The summed E-state index contributed by atoms with van der Waals surface area (Å²) < 4.78 is 38.2. The molecule has 6 heteroatoms. The zero-order chi connectivity index (χ0) is 14.6. The maximum Gasteiger partial charge on any atom is 0.406 e. The molecule has 0 aliphatic heterocycles. The minimum Gasteiger partial charge on any atom is -0.330 e. The number of benzene rings is 1. The van der Waals surface area contributed by atoms with Gasteiger partial charge in [-0.1, -0.05) is 19.1 Å². The largest absolute Gasteiger partial charge is 0.406 e. The Morgan fingerprint density at radius 3 is 2.53 bits per heavy atom. The molecule has 0 aliphatic rings. The van der Waals surface area contributed by atoms with Crippen LogP contribution in [0.1, 0.15) is 29.3 Å². The molecule has 0 spiro atoms. The molecule has 19 heavy (non-hydrogen) atoms. The van der Waals surface area contributed by atoms with Crippen molar-refractivity contribution in [3.8, 4) is 0 Å². The third-order valence-corrected chi connectivity index (χ3v) is 4.00. The van der Waals surface area contributed by atoms with Crippen molar-refractivity contribution in [2.75, 3.05) is 13.1 Å². The lowest BCUT2D eigenvalue weighted by atomic mass is 10.1. The monoisotopic (exact) mass is 385 g/mol. The number of nitrogens with zero attached hydrogens (tertiary/aromatic N) is 1. The van der Waals surface area contributed by atoms with Gasteiger partial charge in [-0.3, -0.25) is 4.79 Å². The Morgan fingerprint density at radius 2 is 2.00 bits per heavy atom. The topological polar surface area (TPSA) is 20.3 Å². The van der Waals surface area contributed by atoms with Crippen LogP contribution in [0.15, 0.2) is 18.2 Å². The Morgan fingerprint density at radius 1 is 1.37 bits per heavy atom. The number of hydrogen-bond acceptors (Lipinski definition) is 1. The van der Waals surface area contributed by atoms with Crippen LogP contribution in [0.3, 0.4) is 0 Å². The van der Waals surface area contributed by atoms with Gasteiger partial charge in [0.1, 0.15) is 6.54 Å². The Balaban J connectivity index is 3.02. The Kier molecular flexibility index (Phi) is 5.64. The Bertz CT molecular complexity index is 460. The van der Waals surface area contributed by atoms with Gasteiger partial charge in [0.15, 0.2) is 0 Å². The quantitative estimate of drug-likeness (QED) is 0.718. The van der Waals surface area contributed by atoms with E-state index in [4.69, 9.17) is 0 Å². The summed E-state index contributed by atoms with van der Waals surface area (Å²) in [7, 11) is 0. The number of hydrogen-bond donors (Lipinski definition) is 0. The molecule has 0 fully saturated rings. The van der Waals surface area contributed by atoms with Gasteiger partial charge in [0.2, 0.25) is 0 Å². The number of amides is 1. The molecule has 0 heterocycles. The first kappa shape index (κ1) is 16.3. The minimum atomic E-state index is -4.37. The van der Waals surface area contributed by atoms with E-state index in [0.29, 0.717) is 15.6 Å². The van der Waals surface area contributed by atoms with Crippen molar-refractivity contribution >= 4 is 28.5 Å². The average molecular weight is 385 g/mol. The maximum atomic E-state index is 12.5. The van der Waals surface area contributed by atoms with E-state index in [2.05, 4.69) is 0 Å². The summed E-state index contributed by atoms with van der Waals surface area (Å²) in [6.07, 6.45) is -3.88. The number of aryl methyl sites for hydroxylation is 1. The van der Waals surface area contributed by atoms with Gasteiger partial charge in [0.05, 0.1) is 5.56 Å². The molecular weight excluding hydrogens is 370 g/mol. The van der Waals surface area contributed by atoms with E-state index in [0.717, 1.165) is 10.5 Å². The van der Waals surface area contributed by atoms with Gasteiger partial charge in [-0.25, -0.2) is 0 Å². The standard InChI is InChI=1S/C13H15F3INO/c1-3-7-18(8-13(14,15)16)12(19)10-6-4-5-9(2)11(10)17/h4-6H,3,7-8H2,1-2H3. The summed E-state index contributed by atoms with van der Waals surface area (Å²) in [5, 5.41) is 0. The minimum absolute atomic E-state index is 0.0996. The highest BCUT2D eigenvalue weighted by atomic mass is 127. The lowest BCUT2D eigenvalue weighted by molar-refractivity contribution is -0.140. The molecule has 0 radical (unpaired) electrons. The fourth-order valence-corrected chi connectivity index (χ4v) is 2.31. The van der Waals surface area contributed by atoms with Crippen molar-refractivity contribution in [2.24, 2.45) is 0 Å². The highest BCUT2D eigenvalue weighted by Gasteiger charge is 2.33. The van der Waals surface area contributed by atoms with Crippen LogP contribution in [-0.2, 0) is 0 Å². The molecule has 1 aromatic rings. The molecule has 0 N–H and O–H groups in total. The van der Waals surface area contributed by atoms with Crippen LogP contribution in [0, 0.1) is 10.5 Å². The van der Waals surface area contributed by atoms with E-state index in [9.17, 15) is 18.0 Å². The summed E-state index contributed by atoms with van der Waals surface area (Å²) in [5.74, 6) is -0.563. The lowest BCUT2D eigenvalue weighted by Crippen LogP contribution is -2.39. The number of halogens is 4. The molecule has 0 aliphatic carbocycles. The molecule has 0 bridgehead atoms. The first-order valence-electron chi connectivity index (χ1n) is 5.87. The summed E-state index contributed by atoms with van der Waals surface area (Å²) >= 11 is 1.99. The van der Waals surface area contributed by atoms with Gasteiger partial charge >= 0.3 is 6.18 Å². The first-order chi connectivity index (χ1) is 8.76. The molecule has 1 aromatic carbocycles. The van der Waals surface area contributed by atoms with Gasteiger partial charge in [-0.15, -0.1) is 0 Å². The van der Waals surface area contributed by atoms with Crippen molar-refractivity contribution in [3.05, 3.63) is 32.9 Å². The van der Waals surface area contributed by atoms with E-state index in [1.807, 2.05) is 35.6 Å². The SMILES string of the molecule is CCCN(CC(F)(F)F)C(=O)c1cccc(C)c1I. The van der Waals surface area contributed by atoms with Gasteiger partial charge in [0, 0.05) is 10.1 Å². The predicted octanol–water partition coefficient (Wildman–Crippen LogP) is 4.01. The summed E-state index contributed by atoms with van der Waals surface area (Å²) in [6, 6.07) is 5.07. The molecular formula is C13H15F3INO. The first-order valence-corrected chi connectivity index (χ1v) is 6.95. The molecule has 0 saturated carbocycles. The number of alkyl halides is 3.